The molecule has 116 valence electrons. The molecular formula is C15H22ClN3O2. The maximum atomic E-state index is 11.3. The second-order valence-electron chi connectivity index (χ2n) is 5.55. The quantitative estimate of drug-likeness (QED) is 0.645. The Morgan fingerprint density at radius 1 is 1.52 bits per heavy atom. The molecule has 1 N–H and O–H groups in total. The van der Waals surface area contributed by atoms with E-state index in [4.69, 9.17) is 11.6 Å². The zero-order chi connectivity index (χ0) is 15.2. The number of piperidine rings is 1. The highest BCUT2D eigenvalue weighted by molar-refractivity contribution is 6.31. The summed E-state index contributed by atoms with van der Waals surface area (Å²) in [6.07, 6.45) is 3.29. The maximum absolute atomic E-state index is 11.3. The van der Waals surface area contributed by atoms with E-state index in [2.05, 4.69) is 17.1 Å². The molecule has 1 fully saturated rings. The smallest absolute Gasteiger partial charge is 0.292 e. The van der Waals surface area contributed by atoms with E-state index in [1.165, 1.54) is 18.9 Å². The lowest BCUT2D eigenvalue weighted by Gasteiger charge is -2.31. The van der Waals surface area contributed by atoms with Crippen molar-refractivity contribution in [1.29, 1.82) is 0 Å². The van der Waals surface area contributed by atoms with Crippen molar-refractivity contribution < 1.29 is 4.92 Å². The van der Waals surface area contributed by atoms with Crippen LogP contribution < -0.4 is 10.2 Å². The molecular weight excluding hydrogens is 290 g/mol. The fourth-order valence-electron chi connectivity index (χ4n) is 2.88. The first-order valence-electron chi connectivity index (χ1n) is 7.51. The number of benzene rings is 1. The van der Waals surface area contributed by atoms with Gasteiger partial charge in [0, 0.05) is 24.2 Å². The average Bonchev–Trinajstić information content (AvgIpc) is 2.47. The minimum Gasteiger partial charge on any atom is -0.366 e. The summed E-state index contributed by atoms with van der Waals surface area (Å²) in [5, 5.41) is 15.2. The molecule has 0 saturated carbocycles. The third-order valence-electron chi connectivity index (χ3n) is 3.85. The molecule has 0 radical (unpaired) electrons. The zero-order valence-corrected chi connectivity index (χ0v) is 13.1. The number of nitrogens with one attached hydrogen (secondary N) is 1. The van der Waals surface area contributed by atoms with Crippen LogP contribution in [0.3, 0.4) is 0 Å². The van der Waals surface area contributed by atoms with Crippen LogP contribution >= 0.6 is 11.6 Å². The van der Waals surface area contributed by atoms with Gasteiger partial charge < -0.3 is 10.2 Å². The molecule has 5 nitrogen and oxygen atoms in total. The predicted octanol–water partition coefficient (Wildman–Crippen LogP) is 3.46. The van der Waals surface area contributed by atoms with E-state index in [0.29, 0.717) is 16.6 Å². The number of anilines is 1. The van der Waals surface area contributed by atoms with Crippen molar-refractivity contribution in [1.82, 2.24) is 5.32 Å². The monoisotopic (exact) mass is 311 g/mol. The Bertz CT molecular complexity index is 490. The van der Waals surface area contributed by atoms with Gasteiger partial charge in [-0.1, -0.05) is 18.5 Å². The van der Waals surface area contributed by atoms with Gasteiger partial charge in [0.05, 0.1) is 4.92 Å². The van der Waals surface area contributed by atoms with Crippen molar-refractivity contribution in [2.24, 2.45) is 5.92 Å². The second kappa shape index (κ2) is 7.61. The summed E-state index contributed by atoms with van der Waals surface area (Å²) in [6, 6.07) is 4.79. The van der Waals surface area contributed by atoms with Gasteiger partial charge >= 0.3 is 0 Å². The summed E-state index contributed by atoms with van der Waals surface area (Å²) in [4.78, 5) is 13.0. The number of rotatable bonds is 6. The molecule has 1 saturated heterocycles. The van der Waals surface area contributed by atoms with E-state index in [0.717, 1.165) is 32.6 Å². The zero-order valence-electron chi connectivity index (χ0n) is 12.3. The van der Waals surface area contributed by atoms with E-state index in [1.807, 2.05) is 0 Å². The molecule has 1 aliphatic rings. The van der Waals surface area contributed by atoms with E-state index >= 15 is 0 Å². The molecule has 21 heavy (non-hydrogen) atoms. The van der Waals surface area contributed by atoms with Crippen molar-refractivity contribution in [2.75, 3.05) is 31.1 Å². The third-order valence-corrected chi connectivity index (χ3v) is 4.08. The molecule has 1 atom stereocenters. The van der Waals surface area contributed by atoms with Crippen LogP contribution in [-0.4, -0.2) is 31.1 Å². The van der Waals surface area contributed by atoms with Crippen LogP contribution in [0.15, 0.2) is 18.2 Å². The van der Waals surface area contributed by atoms with Crippen molar-refractivity contribution in [3.63, 3.8) is 0 Å². The van der Waals surface area contributed by atoms with Gasteiger partial charge in [-0.2, -0.15) is 0 Å². The third kappa shape index (κ3) is 4.32. The topological polar surface area (TPSA) is 58.4 Å². The van der Waals surface area contributed by atoms with Crippen LogP contribution in [0.5, 0.6) is 0 Å². The van der Waals surface area contributed by atoms with Crippen LogP contribution in [-0.2, 0) is 0 Å². The number of hydrogen-bond donors (Lipinski definition) is 1. The molecule has 1 aromatic carbocycles. The summed E-state index contributed by atoms with van der Waals surface area (Å²) >= 11 is 6.05. The predicted molar refractivity (Wildman–Crippen MR) is 86.2 cm³/mol. The van der Waals surface area contributed by atoms with Gasteiger partial charge in [-0.3, -0.25) is 10.1 Å². The maximum Gasteiger partial charge on any atom is 0.292 e. The number of nitro groups is 1. The van der Waals surface area contributed by atoms with Crippen molar-refractivity contribution in [2.45, 2.75) is 26.2 Å². The number of halogens is 1. The molecule has 0 aliphatic carbocycles. The molecule has 0 amide bonds. The van der Waals surface area contributed by atoms with E-state index in [1.54, 1.807) is 12.1 Å². The van der Waals surface area contributed by atoms with Gasteiger partial charge in [-0.05, 0) is 50.4 Å². The largest absolute Gasteiger partial charge is 0.366 e. The Kier molecular flexibility index (Phi) is 5.82. The Morgan fingerprint density at radius 2 is 2.33 bits per heavy atom. The van der Waals surface area contributed by atoms with Crippen molar-refractivity contribution in [3.8, 4) is 0 Å². The summed E-state index contributed by atoms with van der Waals surface area (Å²) < 4.78 is 0. The van der Waals surface area contributed by atoms with Crippen LogP contribution in [0.1, 0.15) is 26.2 Å². The first-order chi connectivity index (χ1) is 10.1. The van der Waals surface area contributed by atoms with Gasteiger partial charge in [-0.15, -0.1) is 0 Å². The summed E-state index contributed by atoms with van der Waals surface area (Å²) in [7, 11) is 0. The van der Waals surface area contributed by atoms with Crippen molar-refractivity contribution >= 4 is 23.0 Å². The average molecular weight is 312 g/mol. The molecule has 1 aromatic rings. The van der Waals surface area contributed by atoms with Crippen molar-refractivity contribution in [3.05, 3.63) is 33.3 Å². The van der Waals surface area contributed by atoms with Crippen LogP contribution in [0.4, 0.5) is 11.4 Å². The lowest BCUT2D eigenvalue weighted by molar-refractivity contribution is -0.384. The van der Waals surface area contributed by atoms with Gasteiger partial charge in [-0.25, -0.2) is 0 Å². The molecule has 1 unspecified atom stereocenters. The van der Waals surface area contributed by atoms with E-state index in [9.17, 15) is 10.1 Å². The van der Waals surface area contributed by atoms with E-state index < -0.39 is 0 Å². The number of nitro benzene ring substituents is 1. The van der Waals surface area contributed by atoms with Gasteiger partial charge in [0.1, 0.15) is 5.69 Å². The van der Waals surface area contributed by atoms with Crippen LogP contribution in [0.25, 0.3) is 0 Å². The normalized spacial score (nSPS) is 18.5. The molecule has 1 aliphatic heterocycles. The van der Waals surface area contributed by atoms with Gasteiger partial charge in [0.2, 0.25) is 0 Å². The molecule has 0 spiro atoms. The molecule has 2 rings (SSSR count). The fraction of sp³-hybridized carbons (Fsp3) is 0.600. The highest BCUT2D eigenvalue weighted by Gasteiger charge is 2.23. The molecule has 0 aromatic heterocycles. The highest BCUT2D eigenvalue weighted by atomic mass is 35.5. The molecule has 0 bridgehead atoms. The van der Waals surface area contributed by atoms with Crippen LogP contribution in [0, 0.1) is 16.0 Å². The lowest BCUT2D eigenvalue weighted by Crippen LogP contribution is -2.39. The minimum absolute atomic E-state index is 0.136. The standard InChI is InChI=1S/C15H22ClN3O2/c1-2-8-18(11-12-4-3-7-17-10-12)15-9-13(16)5-6-14(15)19(20)21/h5-6,9,12,17H,2-4,7-8,10-11H2,1H3. The summed E-state index contributed by atoms with van der Waals surface area (Å²) in [6.45, 7) is 5.78. The SMILES string of the molecule is CCCN(CC1CCCNC1)c1cc(Cl)ccc1[N+](=O)[O-]. The Morgan fingerprint density at radius 3 is 2.95 bits per heavy atom. The first kappa shape index (κ1) is 16.0. The Hall–Kier alpha value is -1.33. The van der Waals surface area contributed by atoms with Gasteiger partial charge in [0.15, 0.2) is 0 Å². The summed E-state index contributed by atoms with van der Waals surface area (Å²) in [5.41, 5.74) is 0.775. The lowest BCUT2D eigenvalue weighted by atomic mass is 9.98. The summed E-state index contributed by atoms with van der Waals surface area (Å²) in [5.74, 6) is 0.531. The molecule has 6 heteroatoms. The fourth-order valence-corrected chi connectivity index (χ4v) is 3.04. The molecule has 1 heterocycles. The number of nitrogens with zero attached hydrogens (tertiary/aromatic N) is 2. The Balaban J connectivity index is 2.23. The Labute approximate surface area is 130 Å². The second-order valence-corrected chi connectivity index (χ2v) is 5.98. The number of hydrogen-bond acceptors (Lipinski definition) is 4. The first-order valence-corrected chi connectivity index (χ1v) is 7.89. The van der Waals surface area contributed by atoms with Crippen LogP contribution in [0.2, 0.25) is 5.02 Å². The minimum atomic E-state index is -0.326. The van der Waals surface area contributed by atoms with Gasteiger partial charge in [0.25, 0.3) is 5.69 Å². The highest BCUT2D eigenvalue weighted by Crippen LogP contribution is 2.32. The van der Waals surface area contributed by atoms with E-state index in [-0.39, 0.29) is 10.6 Å².